The summed E-state index contributed by atoms with van der Waals surface area (Å²) >= 11 is 0. The van der Waals surface area contributed by atoms with Crippen LogP contribution in [0.15, 0.2) is 0 Å². The zero-order chi connectivity index (χ0) is 21.5. The number of ketones is 1. The second-order valence-corrected chi connectivity index (χ2v) is 10.5. The average molecular weight is 414 g/mol. The zero-order valence-electron chi connectivity index (χ0n) is 17.5. The van der Waals surface area contributed by atoms with Gasteiger partial charge in [0.1, 0.15) is 30.2 Å². The first-order valence-corrected chi connectivity index (χ1v) is 10.6. The molecule has 0 aromatic heterocycles. The second kappa shape index (κ2) is 6.69. The van der Waals surface area contributed by atoms with E-state index in [2.05, 4.69) is 6.92 Å². The van der Waals surface area contributed by atoms with Crippen LogP contribution in [0.25, 0.3) is 0 Å². The van der Waals surface area contributed by atoms with Crippen LogP contribution in [-0.2, 0) is 14.3 Å². The van der Waals surface area contributed by atoms with Crippen molar-refractivity contribution in [2.45, 2.75) is 89.4 Å². The van der Waals surface area contributed by atoms with E-state index in [9.17, 15) is 30.3 Å². The summed E-state index contributed by atoms with van der Waals surface area (Å²) in [6.45, 7) is 6.93. The Morgan fingerprint density at radius 2 is 1.83 bits per heavy atom. The molecule has 29 heavy (non-hydrogen) atoms. The predicted molar refractivity (Wildman–Crippen MR) is 100 cm³/mol. The third-order valence-corrected chi connectivity index (χ3v) is 8.82. The van der Waals surface area contributed by atoms with E-state index in [-0.39, 0.29) is 23.5 Å². The minimum Gasteiger partial charge on any atom is -0.394 e. The maximum absolute atomic E-state index is 13.4. The normalized spacial score (nSPS) is 54.8. The molecule has 1 unspecified atom stereocenters. The highest BCUT2D eigenvalue weighted by atomic mass is 16.7. The van der Waals surface area contributed by atoms with Crippen molar-refractivity contribution < 1.29 is 39.8 Å². The molecule has 4 fully saturated rings. The first-order chi connectivity index (χ1) is 13.4. The van der Waals surface area contributed by atoms with Crippen LogP contribution in [0.4, 0.5) is 0 Å². The van der Waals surface area contributed by atoms with Gasteiger partial charge in [-0.1, -0.05) is 13.8 Å². The van der Waals surface area contributed by atoms with Crippen LogP contribution in [0.2, 0.25) is 0 Å². The summed E-state index contributed by atoms with van der Waals surface area (Å²) in [6.07, 6.45) is -5.17. The third kappa shape index (κ3) is 2.73. The van der Waals surface area contributed by atoms with Crippen LogP contribution in [0, 0.1) is 28.6 Å². The molecule has 1 heterocycles. The maximum Gasteiger partial charge on any atom is 0.186 e. The fourth-order valence-electron chi connectivity index (χ4n) is 6.86. The van der Waals surface area contributed by atoms with Gasteiger partial charge in [0.05, 0.1) is 18.3 Å². The van der Waals surface area contributed by atoms with Crippen molar-refractivity contribution >= 4 is 5.78 Å². The van der Waals surface area contributed by atoms with E-state index in [1.165, 1.54) is 0 Å². The minimum absolute atomic E-state index is 0.0695. The van der Waals surface area contributed by atoms with Crippen LogP contribution in [0.1, 0.15) is 47.0 Å². The molecule has 0 spiro atoms. The van der Waals surface area contributed by atoms with Crippen LogP contribution >= 0.6 is 0 Å². The van der Waals surface area contributed by atoms with Crippen molar-refractivity contribution in [2.75, 3.05) is 6.61 Å². The molecule has 0 aromatic rings. The van der Waals surface area contributed by atoms with E-state index >= 15 is 0 Å². The second-order valence-electron chi connectivity index (χ2n) is 10.5. The Bertz CT molecular complexity index is 672. The zero-order valence-corrected chi connectivity index (χ0v) is 17.5. The highest BCUT2D eigenvalue weighted by Crippen LogP contribution is 2.73. The molecular weight excluding hydrogens is 380 g/mol. The highest BCUT2D eigenvalue weighted by molar-refractivity contribution is 5.92. The van der Waals surface area contributed by atoms with Gasteiger partial charge in [0.2, 0.25) is 0 Å². The standard InChI is InChI=1S/C21H34O8/c1-19(2,27)10-7-12(21(4)9-5-6-20(21,3)17(26)13(9)10)29-18-16(25)15(24)14(23)11(8-22)28-18/h9-16,18,22-25,27H,5-8H2,1-4H3/t9?,10-,11+,12-,13-,14+,15-,16+,18-,20+,21-/m0/s1. The molecule has 8 nitrogen and oxygen atoms in total. The molecule has 0 radical (unpaired) electrons. The first-order valence-electron chi connectivity index (χ1n) is 10.6. The minimum atomic E-state index is -1.52. The van der Waals surface area contributed by atoms with E-state index < -0.39 is 59.8 Å². The maximum atomic E-state index is 13.4. The molecule has 4 rings (SSSR count). The van der Waals surface area contributed by atoms with Crippen LogP contribution in [0.3, 0.4) is 0 Å². The quantitative estimate of drug-likeness (QED) is 0.392. The van der Waals surface area contributed by atoms with Crippen LogP contribution in [-0.4, -0.2) is 80.3 Å². The van der Waals surface area contributed by atoms with E-state index in [1.807, 2.05) is 6.92 Å². The molecule has 3 saturated carbocycles. The molecule has 1 saturated heterocycles. The molecular formula is C21H34O8. The van der Waals surface area contributed by atoms with Gasteiger partial charge in [-0.15, -0.1) is 0 Å². The predicted octanol–water partition coefficient (Wildman–Crippen LogP) is -0.416. The third-order valence-electron chi connectivity index (χ3n) is 8.82. The summed E-state index contributed by atoms with van der Waals surface area (Å²) in [4.78, 5) is 13.4. The topological polar surface area (TPSA) is 137 Å². The number of carbonyl (C=O) groups is 1. The van der Waals surface area contributed by atoms with Crippen molar-refractivity contribution in [1.82, 2.24) is 0 Å². The molecule has 4 bridgehead atoms. The molecule has 1 aliphatic heterocycles. The largest absolute Gasteiger partial charge is 0.394 e. The summed E-state index contributed by atoms with van der Waals surface area (Å²) in [6, 6.07) is 0. The Morgan fingerprint density at radius 3 is 2.41 bits per heavy atom. The van der Waals surface area contributed by atoms with Gasteiger partial charge in [0.25, 0.3) is 0 Å². The van der Waals surface area contributed by atoms with E-state index in [4.69, 9.17) is 9.47 Å². The summed E-state index contributed by atoms with van der Waals surface area (Å²) in [5.74, 6) is -0.248. The van der Waals surface area contributed by atoms with Gasteiger partial charge in [-0.25, -0.2) is 0 Å². The van der Waals surface area contributed by atoms with Crippen LogP contribution in [0.5, 0.6) is 0 Å². The first kappa shape index (κ1) is 21.6. The van der Waals surface area contributed by atoms with Gasteiger partial charge in [-0.3, -0.25) is 4.79 Å². The van der Waals surface area contributed by atoms with E-state index in [1.54, 1.807) is 13.8 Å². The number of aliphatic hydroxyl groups excluding tert-OH is 4. The lowest BCUT2D eigenvalue weighted by Gasteiger charge is -2.51. The fourth-order valence-corrected chi connectivity index (χ4v) is 6.86. The molecule has 4 aliphatic rings. The Labute approximate surface area is 170 Å². The Kier molecular flexibility index (Phi) is 4.99. The Hall–Kier alpha value is -0.610. The average Bonchev–Trinajstić information content (AvgIpc) is 2.98. The number of Topliss-reactive ketones (excluding diaryl/α,β-unsaturated/α-hetero) is 1. The lowest BCUT2D eigenvalue weighted by molar-refractivity contribution is -0.327. The van der Waals surface area contributed by atoms with E-state index in [0.29, 0.717) is 6.42 Å². The summed E-state index contributed by atoms with van der Waals surface area (Å²) in [7, 11) is 0. The van der Waals surface area contributed by atoms with Gasteiger partial charge in [0, 0.05) is 16.7 Å². The van der Waals surface area contributed by atoms with Gasteiger partial charge in [-0.2, -0.15) is 0 Å². The lowest BCUT2D eigenvalue weighted by Crippen LogP contribution is -2.61. The van der Waals surface area contributed by atoms with Gasteiger partial charge in [-0.05, 0) is 44.9 Å². The Morgan fingerprint density at radius 1 is 1.17 bits per heavy atom. The van der Waals surface area contributed by atoms with Crippen LogP contribution < -0.4 is 0 Å². The van der Waals surface area contributed by atoms with Crippen molar-refractivity contribution in [3.63, 3.8) is 0 Å². The summed E-state index contributed by atoms with van der Waals surface area (Å²) in [5, 5.41) is 50.8. The van der Waals surface area contributed by atoms with Crippen molar-refractivity contribution in [3.8, 4) is 0 Å². The lowest BCUT2D eigenvalue weighted by atomic mass is 9.59. The number of carbonyl (C=O) groups excluding carboxylic acids is 1. The molecule has 166 valence electrons. The van der Waals surface area contributed by atoms with Crippen molar-refractivity contribution in [3.05, 3.63) is 0 Å². The number of hydrogen-bond donors (Lipinski definition) is 5. The number of ether oxygens (including phenoxy) is 2. The van der Waals surface area contributed by atoms with Gasteiger partial charge < -0.3 is 35.0 Å². The molecule has 5 N–H and O–H groups in total. The van der Waals surface area contributed by atoms with Gasteiger partial charge in [0.15, 0.2) is 6.29 Å². The van der Waals surface area contributed by atoms with Crippen molar-refractivity contribution in [2.24, 2.45) is 28.6 Å². The molecule has 0 amide bonds. The van der Waals surface area contributed by atoms with Gasteiger partial charge >= 0.3 is 0 Å². The smallest absolute Gasteiger partial charge is 0.186 e. The molecule has 3 aliphatic carbocycles. The number of aliphatic hydroxyl groups is 5. The molecule has 0 aromatic carbocycles. The number of rotatable bonds is 4. The summed E-state index contributed by atoms with van der Waals surface area (Å²) < 4.78 is 11.8. The Balaban J connectivity index is 1.67. The number of hydrogen-bond acceptors (Lipinski definition) is 8. The fraction of sp³-hybridized carbons (Fsp3) is 0.952. The van der Waals surface area contributed by atoms with Crippen molar-refractivity contribution in [1.29, 1.82) is 0 Å². The SMILES string of the molecule is CC(C)(O)[C@H]1C[C@H](O[C@@H]2O[C@H](CO)[C@@H](O)[C@H](O)[C@H]2O)[C@]2(C)C3CC[C@]2(C)C(=O)[C@@H]31. The molecule has 11 atom stereocenters. The monoisotopic (exact) mass is 414 g/mol. The highest BCUT2D eigenvalue weighted by Gasteiger charge is 2.75. The van der Waals surface area contributed by atoms with E-state index in [0.717, 1.165) is 12.8 Å². The molecule has 8 heteroatoms. The summed E-state index contributed by atoms with van der Waals surface area (Å²) in [5.41, 5.74) is -2.13.